The van der Waals surface area contributed by atoms with Gasteiger partial charge in [-0.1, -0.05) is 13.5 Å². The minimum atomic E-state index is -0.274. The topological polar surface area (TPSA) is 79.9 Å². The Labute approximate surface area is 187 Å². The van der Waals surface area contributed by atoms with Crippen LogP contribution in [0.15, 0.2) is 67.6 Å². The van der Waals surface area contributed by atoms with Gasteiger partial charge in [0.15, 0.2) is 0 Å². The number of aromatic amines is 1. The summed E-state index contributed by atoms with van der Waals surface area (Å²) in [7, 11) is 0. The van der Waals surface area contributed by atoms with Gasteiger partial charge in [-0.25, -0.2) is 4.98 Å². The number of hydrogen-bond donors (Lipinski definition) is 2. The number of benzene rings is 1. The highest BCUT2D eigenvalue weighted by atomic mass is 16.5. The zero-order valence-corrected chi connectivity index (χ0v) is 18.5. The molecule has 3 heterocycles. The van der Waals surface area contributed by atoms with Gasteiger partial charge in [-0.15, -0.1) is 0 Å². The number of carbonyl (C=O) groups excluding carboxylic acids is 1. The maximum atomic E-state index is 11.9. The normalized spacial score (nSPS) is 11.0. The Hall–Kier alpha value is -3.93. The number of carbonyl (C=O) groups is 1. The molecule has 0 spiro atoms. The standard InChI is InChI=1S/C26H26N4O2/c1-5-20-9-17(7-8-27-20)24-15-29-26-23(24)12-19(14-28-26)18-10-21(30-25(31)6-2)13-22(11-18)32-16(3)4/h6-16H,2,5H2,1,3-4H3,(H,28,29)(H,30,31). The average molecular weight is 427 g/mol. The van der Waals surface area contributed by atoms with Crippen LogP contribution >= 0.6 is 0 Å². The van der Waals surface area contributed by atoms with Crippen molar-refractivity contribution < 1.29 is 9.53 Å². The van der Waals surface area contributed by atoms with E-state index in [9.17, 15) is 4.79 Å². The summed E-state index contributed by atoms with van der Waals surface area (Å²) in [5, 5.41) is 3.84. The first-order valence-corrected chi connectivity index (χ1v) is 10.6. The van der Waals surface area contributed by atoms with Gasteiger partial charge in [0.05, 0.1) is 6.10 Å². The van der Waals surface area contributed by atoms with Crippen molar-refractivity contribution in [2.45, 2.75) is 33.3 Å². The molecule has 2 N–H and O–H groups in total. The highest BCUT2D eigenvalue weighted by molar-refractivity contribution is 6.00. The van der Waals surface area contributed by atoms with Crippen LogP contribution in [-0.4, -0.2) is 27.0 Å². The second-order valence-corrected chi connectivity index (χ2v) is 7.82. The molecule has 0 aliphatic heterocycles. The Balaban J connectivity index is 1.81. The van der Waals surface area contributed by atoms with Crippen molar-refractivity contribution in [3.8, 4) is 28.0 Å². The SMILES string of the molecule is C=CC(=O)Nc1cc(OC(C)C)cc(-c2cnc3[nH]cc(-c4ccnc(CC)c4)c3c2)c1. The molecule has 32 heavy (non-hydrogen) atoms. The molecule has 4 aromatic rings. The number of H-pyrrole nitrogens is 1. The van der Waals surface area contributed by atoms with E-state index < -0.39 is 0 Å². The molecule has 0 bridgehead atoms. The molecule has 0 saturated heterocycles. The lowest BCUT2D eigenvalue weighted by atomic mass is 10.0. The highest BCUT2D eigenvalue weighted by Gasteiger charge is 2.12. The van der Waals surface area contributed by atoms with Gasteiger partial charge in [-0.05, 0) is 67.8 Å². The predicted molar refractivity (Wildman–Crippen MR) is 129 cm³/mol. The van der Waals surface area contributed by atoms with Gasteiger partial charge in [-0.3, -0.25) is 9.78 Å². The lowest BCUT2D eigenvalue weighted by molar-refractivity contribution is -0.111. The Morgan fingerprint density at radius 3 is 2.75 bits per heavy atom. The van der Waals surface area contributed by atoms with Crippen molar-refractivity contribution in [3.05, 3.63) is 73.3 Å². The molecule has 3 aromatic heterocycles. The second-order valence-electron chi connectivity index (χ2n) is 7.82. The van der Waals surface area contributed by atoms with Crippen LogP contribution in [0.2, 0.25) is 0 Å². The van der Waals surface area contributed by atoms with Crippen LogP contribution in [0.4, 0.5) is 5.69 Å². The molecule has 0 fully saturated rings. The number of rotatable bonds is 7. The molecule has 0 aliphatic rings. The lowest BCUT2D eigenvalue weighted by Crippen LogP contribution is -2.09. The largest absolute Gasteiger partial charge is 0.491 e. The first-order chi connectivity index (χ1) is 15.5. The van der Waals surface area contributed by atoms with Crippen molar-refractivity contribution in [1.82, 2.24) is 15.0 Å². The summed E-state index contributed by atoms with van der Waals surface area (Å²) < 4.78 is 5.91. The third-order valence-corrected chi connectivity index (χ3v) is 5.09. The quantitative estimate of drug-likeness (QED) is 0.368. The lowest BCUT2D eigenvalue weighted by Gasteiger charge is -2.14. The molecular weight excluding hydrogens is 400 g/mol. The number of ether oxygens (including phenoxy) is 1. The fourth-order valence-electron chi connectivity index (χ4n) is 3.61. The first-order valence-electron chi connectivity index (χ1n) is 10.6. The Morgan fingerprint density at radius 2 is 2.00 bits per heavy atom. The summed E-state index contributed by atoms with van der Waals surface area (Å²) in [6.07, 6.45) is 7.76. The third kappa shape index (κ3) is 4.54. The molecule has 162 valence electrons. The molecule has 0 unspecified atom stereocenters. The molecule has 6 heteroatoms. The van der Waals surface area contributed by atoms with E-state index in [1.165, 1.54) is 6.08 Å². The molecular formula is C26H26N4O2. The molecule has 1 amide bonds. The van der Waals surface area contributed by atoms with Crippen LogP contribution in [0.1, 0.15) is 26.5 Å². The summed E-state index contributed by atoms with van der Waals surface area (Å²) in [5.41, 5.74) is 6.48. The fraction of sp³-hybridized carbons (Fsp3) is 0.192. The molecule has 4 rings (SSSR count). The maximum absolute atomic E-state index is 11.9. The van der Waals surface area contributed by atoms with Gasteiger partial charge in [-0.2, -0.15) is 0 Å². The summed E-state index contributed by atoms with van der Waals surface area (Å²) >= 11 is 0. The van der Waals surface area contributed by atoms with Crippen molar-refractivity contribution in [2.24, 2.45) is 0 Å². The average Bonchev–Trinajstić information content (AvgIpc) is 3.21. The van der Waals surface area contributed by atoms with Crippen LogP contribution < -0.4 is 10.1 Å². The smallest absolute Gasteiger partial charge is 0.247 e. The van der Waals surface area contributed by atoms with Gasteiger partial charge < -0.3 is 15.0 Å². The van der Waals surface area contributed by atoms with E-state index in [2.05, 4.69) is 45.9 Å². The Kier molecular flexibility index (Phi) is 6.03. The number of nitrogens with one attached hydrogen (secondary N) is 2. The summed E-state index contributed by atoms with van der Waals surface area (Å²) in [6.45, 7) is 9.55. The molecule has 0 atom stereocenters. The number of aromatic nitrogens is 3. The van der Waals surface area contributed by atoms with E-state index >= 15 is 0 Å². The van der Waals surface area contributed by atoms with Crippen LogP contribution in [0, 0.1) is 0 Å². The van der Waals surface area contributed by atoms with Crippen LogP contribution in [0.3, 0.4) is 0 Å². The number of pyridine rings is 2. The summed E-state index contributed by atoms with van der Waals surface area (Å²) in [4.78, 5) is 24.2. The van der Waals surface area contributed by atoms with Crippen LogP contribution in [0.25, 0.3) is 33.3 Å². The number of fused-ring (bicyclic) bond motifs is 1. The first kappa shape index (κ1) is 21.3. The third-order valence-electron chi connectivity index (χ3n) is 5.09. The van der Waals surface area contributed by atoms with Gasteiger partial charge in [0, 0.05) is 52.6 Å². The number of amides is 1. The zero-order valence-electron chi connectivity index (χ0n) is 18.5. The van der Waals surface area contributed by atoms with Crippen molar-refractivity contribution in [1.29, 1.82) is 0 Å². The summed E-state index contributed by atoms with van der Waals surface area (Å²) in [5.74, 6) is 0.400. The fourth-order valence-corrected chi connectivity index (χ4v) is 3.61. The molecule has 0 saturated carbocycles. The van der Waals surface area contributed by atoms with Crippen LogP contribution in [-0.2, 0) is 11.2 Å². The Bertz CT molecular complexity index is 1290. The molecule has 0 radical (unpaired) electrons. The van der Waals surface area contributed by atoms with Gasteiger partial charge >= 0.3 is 0 Å². The number of hydrogen-bond acceptors (Lipinski definition) is 4. The monoisotopic (exact) mass is 426 g/mol. The van der Waals surface area contributed by atoms with Crippen molar-refractivity contribution >= 4 is 22.6 Å². The van der Waals surface area contributed by atoms with E-state index in [4.69, 9.17) is 4.74 Å². The Morgan fingerprint density at radius 1 is 1.16 bits per heavy atom. The minimum absolute atomic E-state index is 0.00420. The van der Waals surface area contributed by atoms with E-state index in [1.54, 1.807) is 0 Å². The van der Waals surface area contributed by atoms with E-state index in [0.29, 0.717) is 11.4 Å². The van der Waals surface area contributed by atoms with Gasteiger partial charge in [0.1, 0.15) is 11.4 Å². The van der Waals surface area contributed by atoms with Crippen molar-refractivity contribution in [2.75, 3.05) is 5.32 Å². The zero-order chi connectivity index (χ0) is 22.7. The van der Waals surface area contributed by atoms with Gasteiger partial charge in [0.2, 0.25) is 5.91 Å². The van der Waals surface area contributed by atoms with E-state index in [1.807, 2.05) is 56.7 Å². The molecule has 6 nitrogen and oxygen atoms in total. The number of anilines is 1. The molecule has 1 aromatic carbocycles. The minimum Gasteiger partial charge on any atom is -0.491 e. The van der Waals surface area contributed by atoms with Crippen LogP contribution in [0.5, 0.6) is 5.75 Å². The number of nitrogens with zero attached hydrogens (tertiary/aromatic N) is 2. The predicted octanol–water partition coefficient (Wildman–Crippen LogP) is 5.77. The number of aryl methyl sites for hydroxylation is 1. The van der Waals surface area contributed by atoms with E-state index in [0.717, 1.165) is 45.4 Å². The second kappa shape index (κ2) is 9.06. The summed E-state index contributed by atoms with van der Waals surface area (Å²) in [6, 6.07) is 11.9. The molecule has 0 aliphatic carbocycles. The maximum Gasteiger partial charge on any atom is 0.247 e. The van der Waals surface area contributed by atoms with E-state index in [-0.39, 0.29) is 12.0 Å². The van der Waals surface area contributed by atoms with Crippen molar-refractivity contribution in [3.63, 3.8) is 0 Å². The van der Waals surface area contributed by atoms with Gasteiger partial charge in [0.25, 0.3) is 0 Å². The highest BCUT2D eigenvalue weighted by Crippen LogP contribution is 2.34.